The molecular weight excluding hydrogens is 320 g/mol. The maximum absolute atomic E-state index is 12.3. The van der Waals surface area contributed by atoms with Gasteiger partial charge in [-0.25, -0.2) is 14.8 Å². The number of nitrogens with zero attached hydrogens (tertiary/aromatic N) is 2. The highest BCUT2D eigenvalue weighted by molar-refractivity contribution is 6.03. The van der Waals surface area contributed by atoms with Crippen molar-refractivity contribution in [3.8, 4) is 0 Å². The minimum Gasteiger partial charge on any atom is -0.462 e. The van der Waals surface area contributed by atoms with Crippen LogP contribution in [0.15, 0.2) is 36.5 Å². The third kappa shape index (κ3) is 5.56. The van der Waals surface area contributed by atoms with Gasteiger partial charge in [-0.15, -0.1) is 0 Å². The van der Waals surface area contributed by atoms with Crippen LogP contribution in [0.1, 0.15) is 47.5 Å². The van der Waals surface area contributed by atoms with Crippen molar-refractivity contribution in [3.63, 3.8) is 0 Å². The highest BCUT2D eigenvalue weighted by Gasteiger charge is 2.10. The lowest BCUT2D eigenvalue weighted by Gasteiger charge is -2.08. The normalized spacial score (nSPS) is 10.2. The number of anilines is 2. The van der Waals surface area contributed by atoms with E-state index in [1.54, 1.807) is 43.5 Å². The van der Waals surface area contributed by atoms with Crippen LogP contribution in [0.5, 0.6) is 0 Å². The van der Waals surface area contributed by atoms with E-state index in [9.17, 15) is 9.59 Å². The fraction of sp³-hybridized carbons (Fsp3) is 0.333. The van der Waals surface area contributed by atoms with Crippen molar-refractivity contribution < 1.29 is 14.3 Å². The number of carbonyl (C=O) groups excluding carboxylic acids is 2. The topological polar surface area (TPSA) is 93.2 Å². The molecule has 7 nitrogen and oxygen atoms in total. The number of aromatic nitrogens is 2. The summed E-state index contributed by atoms with van der Waals surface area (Å²) in [6, 6.07) is 8.04. The van der Waals surface area contributed by atoms with Gasteiger partial charge in [0.1, 0.15) is 5.69 Å². The molecule has 0 saturated heterocycles. The average molecular weight is 342 g/mol. The van der Waals surface area contributed by atoms with Crippen LogP contribution in [0.2, 0.25) is 0 Å². The number of hydrogen-bond acceptors (Lipinski definition) is 6. The molecule has 7 heteroatoms. The molecule has 0 aliphatic rings. The van der Waals surface area contributed by atoms with Crippen molar-refractivity contribution in [2.24, 2.45) is 0 Å². The standard InChI is InChI=1S/C18H22N4O3/c1-3-5-11-19-18-20-12-10-15(22-18)16(23)21-14-8-6-13(7-9-14)17(24)25-4-2/h6-10,12H,3-5,11H2,1-2H3,(H,21,23)(H,19,20,22). The zero-order chi connectivity index (χ0) is 18.1. The Hall–Kier alpha value is -2.96. The van der Waals surface area contributed by atoms with Crippen LogP contribution in [0.4, 0.5) is 11.6 Å². The van der Waals surface area contributed by atoms with Gasteiger partial charge in [-0.05, 0) is 43.7 Å². The molecule has 0 saturated carbocycles. The summed E-state index contributed by atoms with van der Waals surface area (Å²) in [7, 11) is 0. The Morgan fingerprint density at radius 1 is 1.12 bits per heavy atom. The van der Waals surface area contributed by atoms with E-state index in [2.05, 4.69) is 27.5 Å². The number of carbonyl (C=O) groups is 2. The molecule has 0 spiro atoms. The first-order chi connectivity index (χ1) is 12.1. The van der Waals surface area contributed by atoms with E-state index in [1.165, 1.54) is 0 Å². The largest absolute Gasteiger partial charge is 0.462 e. The number of rotatable bonds is 8. The van der Waals surface area contributed by atoms with Crippen LogP contribution in [0.3, 0.4) is 0 Å². The Labute approximate surface area is 146 Å². The Kier molecular flexibility index (Phi) is 6.88. The van der Waals surface area contributed by atoms with E-state index in [4.69, 9.17) is 4.74 Å². The first kappa shape index (κ1) is 18.4. The molecule has 25 heavy (non-hydrogen) atoms. The van der Waals surface area contributed by atoms with Gasteiger partial charge in [0.25, 0.3) is 5.91 Å². The zero-order valence-electron chi connectivity index (χ0n) is 14.4. The summed E-state index contributed by atoms with van der Waals surface area (Å²) < 4.78 is 4.92. The molecule has 0 aliphatic heterocycles. The predicted molar refractivity (Wildman–Crippen MR) is 95.8 cm³/mol. The first-order valence-electron chi connectivity index (χ1n) is 8.29. The minimum absolute atomic E-state index is 0.267. The summed E-state index contributed by atoms with van der Waals surface area (Å²) in [6.07, 6.45) is 3.61. The molecule has 0 bridgehead atoms. The van der Waals surface area contributed by atoms with Crippen LogP contribution in [0.25, 0.3) is 0 Å². The van der Waals surface area contributed by atoms with Crippen LogP contribution >= 0.6 is 0 Å². The van der Waals surface area contributed by atoms with Crippen molar-refractivity contribution in [2.75, 3.05) is 23.8 Å². The fourth-order valence-electron chi connectivity index (χ4n) is 2.05. The number of hydrogen-bond donors (Lipinski definition) is 2. The van der Waals surface area contributed by atoms with Crippen molar-refractivity contribution >= 4 is 23.5 Å². The summed E-state index contributed by atoms with van der Waals surface area (Å²) in [5.74, 6) is -0.303. The summed E-state index contributed by atoms with van der Waals surface area (Å²) in [5.41, 5.74) is 1.27. The number of esters is 1. The fourth-order valence-corrected chi connectivity index (χ4v) is 2.05. The second-order valence-electron chi connectivity index (χ2n) is 5.30. The first-order valence-corrected chi connectivity index (χ1v) is 8.29. The van der Waals surface area contributed by atoms with E-state index >= 15 is 0 Å². The second kappa shape index (κ2) is 9.36. The second-order valence-corrected chi connectivity index (χ2v) is 5.30. The molecule has 2 N–H and O–H groups in total. The van der Waals surface area contributed by atoms with Gasteiger partial charge in [0, 0.05) is 18.4 Å². The molecule has 0 atom stereocenters. The highest BCUT2D eigenvalue weighted by Crippen LogP contribution is 2.12. The SMILES string of the molecule is CCCCNc1nccc(C(=O)Nc2ccc(C(=O)OCC)cc2)n1. The van der Waals surface area contributed by atoms with E-state index in [-0.39, 0.29) is 17.6 Å². The predicted octanol–water partition coefficient (Wildman–Crippen LogP) is 3.12. The monoisotopic (exact) mass is 342 g/mol. The Balaban J connectivity index is 1.99. The molecule has 2 rings (SSSR count). The van der Waals surface area contributed by atoms with Crippen molar-refractivity contribution in [1.82, 2.24) is 9.97 Å². The lowest BCUT2D eigenvalue weighted by Crippen LogP contribution is -2.15. The number of ether oxygens (including phenoxy) is 1. The zero-order valence-corrected chi connectivity index (χ0v) is 14.4. The van der Waals surface area contributed by atoms with Crippen LogP contribution in [-0.2, 0) is 4.74 Å². The molecule has 132 valence electrons. The molecule has 1 aromatic carbocycles. The van der Waals surface area contributed by atoms with E-state index < -0.39 is 0 Å². The molecule has 0 radical (unpaired) electrons. The quantitative estimate of drug-likeness (QED) is 0.565. The maximum Gasteiger partial charge on any atom is 0.338 e. The van der Waals surface area contributed by atoms with Gasteiger partial charge < -0.3 is 15.4 Å². The third-order valence-electron chi connectivity index (χ3n) is 3.36. The number of benzene rings is 1. The maximum atomic E-state index is 12.3. The van der Waals surface area contributed by atoms with Gasteiger partial charge in [-0.1, -0.05) is 13.3 Å². The van der Waals surface area contributed by atoms with E-state index in [0.29, 0.717) is 23.8 Å². The Morgan fingerprint density at radius 2 is 1.88 bits per heavy atom. The minimum atomic E-state index is -0.390. The molecule has 2 aromatic rings. The molecule has 1 heterocycles. The molecule has 0 aliphatic carbocycles. The molecular formula is C18H22N4O3. The van der Waals surface area contributed by atoms with Crippen LogP contribution in [-0.4, -0.2) is 35.0 Å². The van der Waals surface area contributed by atoms with Crippen LogP contribution < -0.4 is 10.6 Å². The van der Waals surface area contributed by atoms with Gasteiger partial charge in [-0.2, -0.15) is 0 Å². The highest BCUT2D eigenvalue weighted by atomic mass is 16.5. The summed E-state index contributed by atoms with van der Waals surface area (Å²) in [4.78, 5) is 32.2. The number of unbranched alkanes of at least 4 members (excludes halogenated alkanes) is 1. The molecule has 1 amide bonds. The summed E-state index contributed by atoms with van der Waals surface area (Å²) >= 11 is 0. The molecule has 0 unspecified atom stereocenters. The van der Waals surface area contributed by atoms with Gasteiger partial charge >= 0.3 is 5.97 Å². The number of amides is 1. The smallest absolute Gasteiger partial charge is 0.338 e. The van der Waals surface area contributed by atoms with Crippen molar-refractivity contribution in [1.29, 1.82) is 0 Å². The Morgan fingerprint density at radius 3 is 2.56 bits per heavy atom. The van der Waals surface area contributed by atoms with Crippen molar-refractivity contribution in [3.05, 3.63) is 47.8 Å². The number of nitrogens with one attached hydrogen (secondary N) is 2. The Bertz CT molecular complexity index is 717. The molecule has 1 aromatic heterocycles. The van der Waals surface area contributed by atoms with E-state index in [1.807, 2.05) is 0 Å². The van der Waals surface area contributed by atoms with Gasteiger partial charge in [-0.3, -0.25) is 4.79 Å². The van der Waals surface area contributed by atoms with E-state index in [0.717, 1.165) is 19.4 Å². The van der Waals surface area contributed by atoms with Crippen LogP contribution in [0, 0.1) is 0 Å². The molecule has 0 fully saturated rings. The third-order valence-corrected chi connectivity index (χ3v) is 3.36. The van der Waals surface area contributed by atoms with Crippen molar-refractivity contribution in [2.45, 2.75) is 26.7 Å². The summed E-state index contributed by atoms with van der Waals surface area (Å²) in [5, 5.41) is 5.82. The lowest BCUT2D eigenvalue weighted by atomic mass is 10.2. The van der Waals surface area contributed by atoms with Gasteiger partial charge in [0.2, 0.25) is 5.95 Å². The lowest BCUT2D eigenvalue weighted by molar-refractivity contribution is 0.0526. The van der Waals surface area contributed by atoms with Gasteiger partial charge in [0.05, 0.1) is 12.2 Å². The average Bonchev–Trinajstić information content (AvgIpc) is 2.63. The van der Waals surface area contributed by atoms with Gasteiger partial charge in [0.15, 0.2) is 0 Å². The summed E-state index contributed by atoms with van der Waals surface area (Å²) in [6.45, 7) is 4.93.